The van der Waals surface area contributed by atoms with Crippen molar-refractivity contribution < 1.29 is 14.3 Å². The second-order valence-electron chi connectivity index (χ2n) is 6.90. The van der Waals surface area contributed by atoms with Crippen molar-refractivity contribution in [2.75, 3.05) is 37.5 Å². The van der Waals surface area contributed by atoms with E-state index in [0.717, 1.165) is 34.9 Å². The van der Waals surface area contributed by atoms with Crippen molar-refractivity contribution in [3.05, 3.63) is 47.0 Å². The minimum Gasteiger partial charge on any atom is -0.486 e. The molecule has 6 heteroatoms. The fourth-order valence-electron chi connectivity index (χ4n) is 3.37. The van der Waals surface area contributed by atoms with Crippen LogP contribution in [0.4, 0.5) is 11.4 Å². The molecule has 0 aromatic heterocycles. The summed E-state index contributed by atoms with van der Waals surface area (Å²) in [6.45, 7) is 1.14. The molecule has 1 aliphatic heterocycles. The van der Waals surface area contributed by atoms with Gasteiger partial charge in [0.1, 0.15) is 13.2 Å². The van der Waals surface area contributed by atoms with E-state index in [2.05, 4.69) is 5.32 Å². The fourth-order valence-corrected chi connectivity index (χ4v) is 3.54. The summed E-state index contributed by atoms with van der Waals surface area (Å²) in [5.74, 6) is 1.75. The summed E-state index contributed by atoms with van der Waals surface area (Å²) in [4.78, 5) is 14.7. The molecule has 1 heterocycles. The molecule has 4 rings (SSSR count). The summed E-state index contributed by atoms with van der Waals surface area (Å²) in [7, 11) is 3.88. The minimum atomic E-state index is -0.0356. The lowest BCUT2D eigenvalue weighted by Gasteiger charge is -2.19. The number of anilines is 2. The maximum atomic E-state index is 12.7. The number of nitrogens with zero attached hydrogens (tertiary/aromatic N) is 1. The molecule has 5 nitrogen and oxygen atoms in total. The Hall–Kier alpha value is -2.40. The number of hydrogen-bond donors (Lipinski definition) is 1. The zero-order valence-electron chi connectivity index (χ0n) is 14.8. The Labute approximate surface area is 157 Å². The number of halogens is 1. The van der Waals surface area contributed by atoms with Crippen LogP contribution >= 0.6 is 11.6 Å². The van der Waals surface area contributed by atoms with Crippen LogP contribution in [0, 0.1) is 5.92 Å². The van der Waals surface area contributed by atoms with Gasteiger partial charge in [0.05, 0.1) is 11.4 Å². The number of benzene rings is 2. The average molecular weight is 373 g/mol. The van der Waals surface area contributed by atoms with Gasteiger partial charge in [0, 0.05) is 25.0 Å². The van der Waals surface area contributed by atoms with Gasteiger partial charge in [0.15, 0.2) is 11.5 Å². The Bertz CT molecular complexity index is 853. The number of ether oxygens (including phenoxy) is 2. The molecule has 136 valence electrons. The van der Waals surface area contributed by atoms with Gasteiger partial charge in [-0.15, -0.1) is 0 Å². The number of rotatable bonds is 4. The van der Waals surface area contributed by atoms with Gasteiger partial charge in [-0.25, -0.2) is 0 Å². The SMILES string of the molecule is CN(C)c1ccc(Cl)cc1NC(=O)C1CC1c1ccc2c(c1)OCCO2. The lowest BCUT2D eigenvalue weighted by atomic mass is 10.1. The fraction of sp³-hybridized carbons (Fsp3) is 0.350. The number of fused-ring (bicyclic) bond motifs is 1. The maximum Gasteiger partial charge on any atom is 0.228 e. The van der Waals surface area contributed by atoms with Gasteiger partial charge >= 0.3 is 0 Å². The third-order valence-electron chi connectivity index (χ3n) is 4.82. The highest BCUT2D eigenvalue weighted by Crippen LogP contribution is 2.50. The van der Waals surface area contributed by atoms with Crippen molar-refractivity contribution in [1.29, 1.82) is 0 Å². The molecule has 0 saturated heterocycles. The smallest absolute Gasteiger partial charge is 0.228 e. The normalized spacial score (nSPS) is 20.4. The zero-order valence-corrected chi connectivity index (χ0v) is 15.5. The van der Waals surface area contributed by atoms with Gasteiger partial charge in [-0.05, 0) is 48.2 Å². The Kier molecular flexibility index (Phi) is 4.41. The van der Waals surface area contributed by atoms with Crippen LogP contribution in [-0.4, -0.2) is 33.2 Å². The highest BCUT2D eigenvalue weighted by molar-refractivity contribution is 6.31. The largest absolute Gasteiger partial charge is 0.486 e. The first-order valence-electron chi connectivity index (χ1n) is 8.70. The van der Waals surface area contributed by atoms with Crippen molar-refractivity contribution in [2.45, 2.75) is 12.3 Å². The maximum absolute atomic E-state index is 12.7. The molecular weight excluding hydrogens is 352 g/mol. The summed E-state index contributed by atoms with van der Waals surface area (Å²) >= 11 is 6.10. The topological polar surface area (TPSA) is 50.8 Å². The van der Waals surface area contributed by atoms with Crippen LogP contribution in [0.2, 0.25) is 5.02 Å². The highest BCUT2D eigenvalue weighted by Gasteiger charge is 2.44. The first-order valence-corrected chi connectivity index (χ1v) is 9.08. The molecule has 2 aliphatic rings. The summed E-state index contributed by atoms with van der Waals surface area (Å²) in [6.07, 6.45) is 0.837. The lowest BCUT2D eigenvalue weighted by molar-refractivity contribution is -0.117. The van der Waals surface area contributed by atoms with E-state index in [1.165, 1.54) is 0 Å². The van der Waals surface area contributed by atoms with E-state index in [-0.39, 0.29) is 17.7 Å². The molecule has 1 aliphatic carbocycles. The first kappa shape index (κ1) is 17.0. The minimum absolute atomic E-state index is 0.0234. The zero-order chi connectivity index (χ0) is 18.3. The van der Waals surface area contributed by atoms with Crippen LogP contribution in [0.15, 0.2) is 36.4 Å². The molecule has 1 amide bonds. The number of amides is 1. The van der Waals surface area contributed by atoms with Crippen molar-refractivity contribution >= 4 is 28.9 Å². The van der Waals surface area contributed by atoms with E-state index in [4.69, 9.17) is 21.1 Å². The molecule has 2 aromatic rings. The predicted octanol–water partition coefficient (Wildman–Crippen LogP) is 3.92. The molecule has 1 N–H and O–H groups in total. The van der Waals surface area contributed by atoms with Gasteiger partial charge < -0.3 is 19.7 Å². The number of hydrogen-bond acceptors (Lipinski definition) is 4. The van der Waals surface area contributed by atoms with Crippen molar-refractivity contribution in [3.63, 3.8) is 0 Å². The van der Waals surface area contributed by atoms with Crippen LogP contribution in [0.1, 0.15) is 17.9 Å². The van der Waals surface area contributed by atoms with Crippen LogP contribution in [0.25, 0.3) is 0 Å². The standard InChI is InChI=1S/C20H21ClN2O3/c1-23(2)17-5-4-13(21)10-16(17)22-20(24)15-11-14(15)12-3-6-18-19(9-12)26-8-7-25-18/h3-6,9-10,14-15H,7-8,11H2,1-2H3,(H,22,24). The molecule has 1 saturated carbocycles. The van der Waals surface area contributed by atoms with Gasteiger partial charge in [0.25, 0.3) is 0 Å². The molecule has 0 spiro atoms. The van der Waals surface area contributed by atoms with E-state index in [0.29, 0.717) is 18.2 Å². The second-order valence-corrected chi connectivity index (χ2v) is 7.33. The summed E-state index contributed by atoms with van der Waals surface area (Å²) in [5, 5.41) is 3.64. The highest BCUT2D eigenvalue weighted by atomic mass is 35.5. The Morgan fingerprint density at radius 1 is 1.12 bits per heavy atom. The quantitative estimate of drug-likeness (QED) is 0.883. The first-order chi connectivity index (χ1) is 12.5. The average Bonchev–Trinajstić information content (AvgIpc) is 3.42. The molecule has 26 heavy (non-hydrogen) atoms. The van der Waals surface area contributed by atoms with Gasteiger partial charge in [-0.2, -0.15) is 0 Å². The Morgan fingerprint density at radius 3 is 2.65 bits per heavy atom. The monoisotopic (exact) mass is 372 g/mol. The molecule has 2 atom stereocenters. The third kappa shape index (κ3) is 3.31. The Balaban J connectivity index is 1.47. The summed E-state index contributed by atoms with van der Waals surface area (Å²) in [5.41, 5.74) is 2.79. The second kappa shape index (κ2) is 6.72. The molecule has 2 unspecified atom stereocenters. The van der Waals surface area contributed by atoms with Gasteiger partial charge in [-0.3, -0.25) is 4.79 Å². The Morgan fingerprint density at radius 2 is 1.88 bits per heavy atom. The van der Waals surface area contributed by atoms with E-state index in [9.17, 15) is 4.79 Å². The van der Waals surface area contributed by atoms with Crippen molar-refractivity contribution in [2.24, 2.45) is 5.92 Å². The van der Waals surface area contributed by atoms with Crippen LogP contribution in [0.3, 0.4) is 0 Å². The van der Waals surface area contributed by atoms with E-state index in [1.54, 1.807) is 6.07 Å². The summed E-state index contributed by atoms with van der Waals surface area (Å²) < 4.78 is 11.2. The molecular formula is C20H21ClN2O3. The molecule has 2 aromatic carbocycles. The summed E-state index contributed by atoms with van der Waals surface area (Å²) in [6, 6.07) is 11.5. The van der Waals surface area contributed by atoms with E-state index >= 15 is 0 Å². The molecule has 1 fully saturated rings. The number of nitrogens with one attached hydrogen (secondary N) is 1. The molecule has 0 bridgehead atoms. The van der Waals surface area contributed by atoms with Gasteiger partial charge in [-0.1, -0.05) is 17.7 Å². The lowest BCUT2D eigenvalue weighted by Crippen LogP contribution is -2.18. The van der Waals surface area contributed by atoms with Crippen molar-refractivity contribution in [3.8, 4) is 11.5 Å². The van der Waals surface area contributed by atoms with Crippen molar-refractivity contribution in [1.82, 2.24) is 0 Å². The number of carbonyl (C=O) groups is 1. The van der Waals surface area contributed by atoms with E-state index in [1.807, 2.05) is 49.3 Å². The molecule has 0 radical (unpaired) electrons. The van der Waals surface area contributed by atoms with Crippen LogP contribution in [-0.2, 0) is 4.79 Å². The van der Waals surface area contributed by atoms with E-state index < -0.39 is 0 Å². The number of carbonyl (C=O) groups excluding carboxylic acids is 1. The van der Waals surface area contributed by atoms with Crippen LogP contribution in [0.5, 0.6) is 11.5 Å². The van der Waals surface area contributed by atoms with Gasteiger partial charge in [0.2, 0.25) is 5.91 Å². The predicted molar refractivity (Wildman–Crippen MR) is 103 cm³/mol. The van der Waals surface area contributed by atoms with Crippen LogP contribution < -0.4 is 19.7 Å². The third-order valence-corrected chi connectivity index (χ3v) is 5.05.